The van der Waals surface area contributed by atoms with Crippen LogP contribution >= 0.6 is 0 Å². The molecule has 0 bridgehead atoms. The van der Waals surface area contributed by atoms with Gasteiger partial charge in [-0.1, -0.05) is 0 Å². The zero-order valence-electron chi connectivity index (χ0n) is 18.5. The molecule has 0 saturated carbocycles. The lowest BCUT2D eigenvalue weighted by Gasteiger charge is -2.32. The number of nitrogens with one attached hydrogen (secondary N) is 1. The third kappa shape index (κ3) is 5.25. The van der Waals surface area contributed by atoms with Gasteiger partial charge in [-0.2, -0.15) is 0 Å². The Morgan fingerprint density at radius 3 is 2.24 bits per heavy atom. The Balaban J connectivity index is 2.32. The van der Waals surface area contributed by atoms with Crippen molar-refractivity contribution in [3.63, 3.8) is 0 Å². The number of aliphatic imine (C=N–C) groups is 1. The van der Waals surface area contributed by atoms with Crippen LogP contribution in [0.5, 0.6) is 0 Å². The molecule has 1 amide bonds. The molecule has 1 aliphatic heterocycles. The van der Waals surface area contributed by atoms with Crippen LogP contribution in [0.3, 0.4) is 0 Å². The maximum absolute atomic E-state index is 14.4. The van der Waals surface area contributed by atoms with E-state index < -0.39 is 30.0 Å². The summed E-state index contributed by atoms with van der Waals surface area (Å²) in [5.74, 6) is -0.980. The highest BCUT2D eigenvalue weighted by Gasteiger charge is 2.52. The molecule has 0 aliphatic carbocycles. The number of rotatable bonds is 4. The summed E-state index contributed by atoms with van der Waals surface area (Å²) in [6.45, 7) is 15.2. The summed E-state index contributed by atoms with van der Waals surface area (Å²) in [6, 6.07) is 2.63. The van der Waals surface area contributed by atoms with Gasteiger partial charge in [0, 0.05) is 18.1 Å². The van der Waals surface area contributed by atoms with Crippen molar-refractivity contribution in [3.8, 4) is 0 Å². The lowest BCUT2D eigenvalue weighted by molar-refractivity contribution is -0.112. The fourth-order valence-electron chi connectivity index (χ4n) is 2.68. The fraction of sp³-hybridized carbons (Fsp3) is 0.524. The van der Waals surface area contributed by atoms with Crippen molar-refractivity contribution < 1.29 is 18.5 Å². The summed E-state index contributed by atoms with van der Waals surface area (Å²) in [4.78, 5) is 16.9. The number of carbonyl (C=O) groups excluding carboxylic acids is 1. The lowest BCUT2D eigenvalue weighted by atomic mass is 9.75. The largest absolute Gasteiger partial charge is 0.495 e. The Morgan fingerprint density at radius 1 is 1.21 bits per heavy atom. The molecule has 0 radical (unpaired) electrons. The van der Waals surface area contributed by atoms with E-state index >= 15 is 0 Å². The Labute approximate surface area is 172 Å². The molecule has 1 aromatic rings. The van der Waals surface area contributed by atoms with E-state index in [9.17, 15) is 9.18 Å². The summed E-state index contributed by atoms with van der Waals surface area (Å²) in [5, 5.41) is 2.71. The molecule has 3 N–H and O–H groups in total. The standard InChI is InChI=1S/C21H31BFN3O3/c1-13-16(22-28-20(5,6)21(7,8)29-22)9-15(23)10-17(13)26-18(27)14(11-24)12-25-19(2,3)4/h9-12H,24H2,1-8H3,(H,26,27)/b14-11+,25-12?. The third-order valence-corrected chi connectivity index (χ3v) is 5.20. The van der Waals surface area contributed by atoms with Crippen molar-refractivity contribution in [2.45, 2.75) is 72.1 Å². The van der Waals surface area contributed by atoms with Gasteiger partial charge in [-0.3, -0.25) is 9.79 Å². The SMILES string of the molecule is Cc1c(NC(=O)/C(C=NC(C)(C)C)=C/N)cc(F)cc1B1OC(C)(C)C(C)(C)O1. The number of hydrogen-bond acceptors (Lipinski definition) is 5. The summed E-state index contributed by atoms with van der Waals surface area (Å²) < 4.78 is 26.4. The number of benzene rings is 1. The van der Waals surface area contributed by atoms with Crippen LogP contribution < -0.4 is 16.5 Å². The zero-order valence-corrected chi connectivity index (χ0v) is 18.5. The highest BCUT2D eigenvalue weighted by molar-refractivity contribution is 6.62. The first-order valence-corrected chi connectivity index (χ1v) is 9.61. The highest BCUT2D eigenvalue weighted by atomic mass is 19.1. The molecule has 0 atom stereocenters. The molecule has 1 fully saturated rings. The van der Waals surface area contributed by atoms with Crippen LogP contribution in [0, 0.1) is 12.7 Å². The molecule has 0 unspecified atom stereocenters. The normalized spacial score (nSPS) is 19.1. The van der Waals surface area contributed by atoms with E-state index in [1.54, 1.807) is 6.92 Å². The Hall–Kier alpha value is -2.19. The first-order chi connectivity index (χ1) is 13.2. The van der Waals surface area contributed by atoms with Gasteiger partial charge in [0.1, 0.15) is 5.82 Å². The average molecular weight is 403 g/mol. The predicted molar refractivity (Wildman–Crippen MR) is 116 cm³/mol. The van der Waals surface area contributed by atoms with Crippen LogP contribution in [0.15, 0.2) is 28.9 Å². The minimum atomic E-state index is -0.738. The van der Waals surface area contributed by atoms with Gasteiger partial charge in [0.05, 0.1) is 22.3 Å². The minimum absolute atomic E-state index is 0.181. The second-order valence-corrected chi connectivity index (χ2v) is 9.26. The molecule has 1 aliphatic rings. The smallest absolute Gasteiger partial charge is 0.404 e. The van der Waals surface area contributed by atoms with Crippen molar-refractivity contribution >= 4 is 30.4 Å². The molecule has 0 aromatic heterocycles. The topological polar surface area (TPSA) is 85.9 Å². The van der Waals surface area contributed by atoms with E-state index in [4.69, 9.17) is 15.0 Å². The minimum Gasteiger partial charge on any atom is -0.404 e. The molecular formula is C21H31BFN3O3. The van der Waals surface area contributed by atoms with E-state index in [1.807, 2.05) is 48.5 Å². The van der Waals surface area contributed by atoms with Crippen LogP contribution in [0.2, 0.25) is 0 Å². The van der Waals surface area contributed by atoms with Gasteiger partial charge in [0.2, 0.25) is 0 Å². The van der Waals surface area contributed by atoms with Crippen molar-refractivity contribution in [2.24, 2.45) is 10.7 Å². The molecule has 6 nitrogen and oxygen atoms in total. The van der Waals surface area contributed by atoms with E-state index in [0.29, 0.717) is 16.7 Å². The molecule has 8 heteroatoms. The molecule has 2 rings (SSSR count). The summed E-state index contributed by atoms with van der Waals surface area (Å²) in [5.41, 5.74) is 5.80. The Bertz CT molecular complexity index is 841. The van der Waals surface area contributed by atoms with Gasteiger partial charge in [-0.25, -0.2) is 4.39 Å². The predicted octanol–water partition coefficient (Wildman–Crippen LogP) is 3.08. The van der Waals surface area contributed by atoms with E-state index in [1.165, 1.54) is 24.5 Å². The maximum Gasteiger partial charge on any atom is 0.495 e. The third-order valence-electron chi connectivity index (χ3n) is 5.20. The van der Waals surface area contributed by atoms with E-state index in [0.717, 1.165) is 0 Å². The fourth-order valence-corrected chi connectivity index (χ4v) is 2.68. The first-order valence-electron chi connectivity index (χ1n) is 9.61. The molecule has 29 heavy (non-hydrogen) atoms. The van der Waals surface area contributed by atoms with E-state index in [-0.39, 0.29) is 11.1 Å². The molecule has 158 valence electrons. The van der Waals surface area contributed by atoms with Crippen LogP contribution in [0.1, 0.15) is 54.0 Å². The second kappa shape index (κ2) is 7.92. The van der Waals surface area contributed by atoms with Crippen LogP contribution in [0.4, 0.5) is 10.1 Å². The molecule has 1 heterocycles. The summed E-state index contributed by atoms with van der Waals surface area (Å²) in [6.07, 6.45) is 2.59. The Kier molecular flexibility index (Phi) is 6.30. The van der Waals surface area contributed by atoms with Crippen molar-refractivity contribution in [3.05, 3.63) is 35.3 Å². The number of hydrogen-bond donors (Lipinski definition) is 2. The van der Waals surface area contributed by atoms with Gasteiger partial charge in [0.15, 0.2) is 0 Å². The number of amides is 1. The lowest BCUT2D eigenvalue weighted by Crippen LogP contribution is -2.41. The van der Waals surface area contributed by atoms with Crippen LogP contribution in [0.25, 0.3) is 0 Å². The van der Waals surface area contributed by atoms with Crippen molar-refractivity contribution in [2.75, 3.05) is 5.32 Å². The quantitative estimate of drug-likeness (QED) is 0.460. The molecule has 1 aromatic carbocycles. The maximum atomic E-state index is 14.4. The van der Waals surface area contributed by atoms with E-state index in [2.05, 4.69) is 10.3 Å². The monoisotopic (exact) mass is 403 g/mol. The van der Waals surface area contributed by atoms with Gasteiger partial charge in [-0.05, 0) is 78.5 Å². The first kappa shape index (κ1) is 23.1. The molecular weight excluding hydrogens is 372 g/mol. The van der Waals surface area contributed by atoms with Crippen molar-refractivity contribution in [1.29, 1.82) is 0 Å². The van der Waals surface area contributed by atoms with Crippen LogP contribution in [-0.2, 0) is 14.1 Å². The van der Waals surface area contributed by atoms with Gasteiger partial charge in [-0.15, -0.1) is 0 Å². The number of nitrogens with two attached hydrogens (primary N) is 1. The van der Waals surface area contributed by atoms with Gasteiger partial charge >= 0.3 is 7.12 Å². The summed E-state index contributed by atoms with van der Waals surface area (Å²) >= 11 is 0. The molecule has 1 saturated heterocycles. The highest BCUT2D eigenvalue weighted by Crippen LogP contribution is 2.37. The molecule has 0 spiro atoms. The Morgan fingerprint density at radius 2 is 1.76 bits per heavy atom. The average Bonchev–Trinajstić information content (AvgIpc) is 2.77. The number of carbonyl (C=O) groups is 1. The van der Waals surface area contributed by atoms with Crippen LogP contribution in [-0.4, -0.2) is 36.0 Å². The second-order valence-electron chi connectivity index (χ2n) is 9.26. The number of anilines is 1. The number of halogens is 1. The zero-order chi connectivity index (χ0) is 22.2. The summed E-state index contributed by atoms with van der Waals surface area (Å²) in [7, 11) is -0.738. The number of nitrogens with zero attached hydrogens (tertiary/aromatic N) is 1. The van der Waals surface area contributed by atoms with Gasteiger partial charge in [0.25, 0.3) is 5.91 Å². The van der Waals surface area contributed by atoms with Crippen molar-refractivity contribution in [1.82, 2.24) is 0 Å². The van der Waals surface area contributed by atoms with Gasteiger partial charge < -0.3 is 20.4 Å².